The van der Waals surface area contributed by atoms with E-state index in [0.717, 1.165) is 12.0 Å². The zero-order valence-electron chi connectivity index (χ0n) is 15.1. The summed E-state index contributed by atoms with van der Waals surface area (Å²) in [5, 5.41) is 21.2. The molecule has 2 atom stereocenters. The van der Waals surface area contributed by atoms with Crippen molar-refractivity contribution in [3.8, 4) is 0 Å². The Labute approximate surface area is 160 Å². The number of fused-ring (bicyclic) bond motifs is 1. The summed E-state index contributed by atoms with van der Waals surface area (Å²) in [6.45, 7) is 2.06. The van der Waals surface area contributed by atoms with Crippen molar-refractivity contribution in [3.63, 3.8) is 0 Å². The van der Waals surface area contributed by atoms with Crippen LogP contribution in [0.15, 0.2) is 54.6 Å². The van der Waals surface area contributed by atoms with E-state index in [0.29, 0.717) is 5.95 Å². The summed E-state index contributed by atoms with van der Waals surface area (Å²) < 4.78 is 1.76. The van der Waals surface area contributed by atoms with Crippen LogP contribution in [0.2, 0.25) is 0 Å². The first-order chi connectivity index (χ1) is 13.5. The summed E-state index contributed by atoms with van der Waals surface area (Å²) in [5.41, 5.74) is 1.13. The van der Waals surface area contributed by atoms with Crippen LogP contribution >= 0.6 is 0 Å². The van der Waals surface area contributed by atoms with Gasteiger partial charge in [0, 0.05) is 23.7 Å². The maximum Gasteiger partial charge on any atom is 0.270 e. The Kier molecular flexibility index (Phi) is 4.48. The number of hydrogen-bond acceptors (Lipinski definition) is 6. The van der Waals surface area contributed by atoms with Gasteiger partial charge in [-0.05, 0) is 25.0 Å². The molecule has 2 aromatic carbocycles. The second-order valence-electron chi connectivity index (χ2n) is 6.67. The summed E-state index contributed by atoms with van der Waals surface area (Å²) in [5.74, 6) is 0.215. The third-order valence-corrected chi connectivity index (χ3v) is 4.61. The van der Waals surface area contributed by atoms with Crippen molar-refractivity contribution in [3.05, 3.63) is 75.8 Å². The van der Waals surface area contributed by atoms with Gasteiger partial charge < -0.3 is 5.32 Å². The molecule has 3 aromatic rings. The molecule has 1 aliphatic heterocycles. The Balaban J connectivity index is 1.60. The van der Waals surface area contributed by atoms with Crippen molar-refractivity contribution in [1.82, 2.24) is 14.8 Å². The Morgan fingerprint density at radius 2 is 2.04 bits per heavy atom. The van der Waals surface area contributed by atoms with Crippen molar-refractivity contribution in [2.75, 3.05) is 10.6 Å². The minimum atomic E-state index is -0.542. The Morgan fingerprint density at radius 3 is 2.79 bits per heavy atom. The van der Waals surface area contributed by atoms with Crippen LogP contribution in [0.4, 0.5) is 17.6 Å². The van der Waals surface area contributed by atoms with Crippen LogP contribution in [-0.4, -0.2) is 31.6 Å². The molecule has 1 aliphatic rings. The molecule has 0 saturated heterocycles. The van der Waals surface area contributed by atoms with Crippen molar-refractivity contribution in [2.24, 2.45) is 0 Å². The number of nitro benzene ring substituents is 1. The third kappa shape index (κ3) is 3.41. The summed E-state index contributed by atoms with van der Waals surface area (Å²) in [6.07, 6.45) is 0.832. The Hall–Kier alpha value is -3.75. The molecule has 0 radical (unpaired) electrons. The maximum atomic E-state index is 12.5. The quantitative estimate of drug-likeness (QED) is 0.532. The molecule has 1 aromatic heterocycles. The van der Waals surface area contributed by atoms with Crippen LogP contribution < -0.4 is 10.6 Å². The number of rotatable bonds is 4. The highest BCUT2D eigenvalue weighted by atomic mass is 16.6. The molecule has 0 saturated carbocycles. The number of nitro groups is 1. The predicted molar refractivity (Wildman–Crippen MR) is 103 cm³/mol. The van der Waals surface area contributed by atoms with Crippen LogP contribution in [0.1, 0.15) is 35.3 Å². The number of nitrogens with one attached hydrogen (secondary N) is 2. The lowest BCUT2D eigenvalue weighted by Gasteiger charge is -2.29. The molecule has 9 heteroatoms. The highest BCUT2D eigenvalue weighted by molar-refractivity contribution is 6.03. The molecular formula is C19H18N6O3. The number of non-ortho nitro benzene ring substituents is 1. The molecule has 2 heterocycles. The van der Waals surface area contributed by atoms with Crippen molar-refractivity contribution in [1.29, 1.82) is 0 Å². The number of nitrogens with zero attached hydrogens (tertiary/aromatic N) is 4. The largest absolute Gasteiger partial charge is 0.352 e. The lowest BCUT2D eigenvalue weighted by molar-refractivity contribution is -0.384. The van der Waals surface area contributed by atoms with Gasteiger partial charge >= 0.3 is 0 Å². The fraction of sp³-hybridized carbons (Fsp3) is 0.211. The Morgan fingerprint density at radius 1 is 1.25 bits per heavy atom. The third-order valence-electron chi connectivity index (χ3n) is 4.61. The Bertz CT molecular complexity index is 1030. The number of anilines is 2. The van der Waals surface area contributed by atoms with Gasteiger partial charge in [-0.2, -0.15) is 4.98 Å². The van der Waals surface area contributed by atoms with Gasteiger partial charge in [0.05, 0.1) is 11.0 Å². The summed E-state index contributed by atoms with van der Waals surface area (Å²) >= 11 is 0. The first-order valence-electron chi connectivity index (χ1n) is 8.85. The zero-order chi connectivity index (χ0) is 19.7. The van der Waals surface area contributed by atoms with E-state index < -0.39 is 10.8 Å². The lowest BCUT2D eigenvalue weighted by atomic mass is 9.99. The predicted octanol–water partition coefficient (Wildman–Crippen LogP) is 3.23. The molecule has 28 heavy (non-hydrogen) atoms. The summed E-state index contributed by atoms with van der Waals surface area (Å²) in [4.78, 5) is 27.2. The standard InChI is InChI=1S/C19H18N6O3/c1-12-10-16(13-6-3-2-4-7-13)24-19(20-12)22-18(23-24)21-17(26)14-8-5-9-15(11-14)25(27)28/h2-9,11-12,16H,10H2,1H3,(H2,20,21,22,23,26)/t12-,16+/m0/s1. The first kappa shape index (κ1) is 17.7. The molecule has 1 amide bonds. The van der Waals surface area contributed by atoms with E-state index in [1.165, 1.54) is 24.3 Å². The molecule has 4 rings (SSSR count). The van der Waals surface area contributed by atoms with Gasteiger partial charge in [-0.25, -0.2) is 4.68 Å². The van der Waals surface area contributed by atoms with Crippen LogP contribution in [0.3, 0.4) is 0 Å². The van der Waals surface area contributed by atoms with E-state index in [4.69, 9.17) is 0 Å². The van der Waals surface area contributed by atoms with Crippen LogP contribution in [0, 0.1) is 10.1 Å². The van der Waals surface area contributed by atoms with E-state index in [1.807, 2.05) is 30.3 Å². The smallest absolute Gasteiger partial charge is 0.270 e. The van der Waals surface area contributed by atoms with E-state index >= 15 is 0 Å². The summed E-state index contributed by atoms with van der Waals surface area (Å²) in [7, 11) is 0. The maximum absolute atomic E-state index is 12.5. The van der Waals surface area contributed by atoms with Gasteiger partial charge in [0.25, 0.3) is 17.5 Å². The van der Waals surface area contributed by atoms with E-state index in [-0.39, 0.29) is 29.3 Å². The van der Waals surface area contributed by atoms with E-state index in [2.05, 4.69) is 27.6 Å². The highest BCUT2D eigenvalue weighted by Crippen LogP contribution is 2.31. The number of carbonyl (C=O) groups is 1. The van der Waals surface area contributed by atoms with Crippen molar-refractivity contribution >= 4 is 23.5 Å². The molecule has 0 unspecified atom stereocenters. The second-order valence-corrected chi connectivity index (χ2v) is 6.67. The van der Waals surface area contributed by atoms with Gasteiger partial charge in [-0.1, -0.05) is 36.4 Å². The monoisotopic (exact) mass is 378 g/mol. The van der Waals surface area contributed by atoms with Crippen molar-refractivity contribution in [2.45, 2.75) is 25.4 Å². The zero-order valence-corrected chi connectivity index (χ0v) is 15.1. The van der Waals surface area contributed by atoms with Gasteiger partial charge in [0.2, 0.25) is 5.95 Å². The van der Waals surface area contributed by atoms with Gasteiger partial charge in [0.15, 0.2) is 0 Å². The number of aromatic nitrogens is 3. The average molecular weight is 378 g/mol. The number of carbonyl (C=O) groups excluding carboxylic acids is 1. The molecule has 142 valence electrons. The van der Waals surface area contributed by atoms with E-state index in [9.17, 15) is 14.9 Å². The fourth-order valence-corrected chi connectivity index (χ4v) is 3.29. The number of hydrogen-bond donors (Lipinski definition) is 2. The minimum absolute atomic E-state index is 0.00316. The summed E-state index contributed by atoms with van der Waals surface area (Å²) in [6, 6.07) is 15.7. The topological polar surface area (TPSA) is 115 Å². The number of amides is 1. The molecular weight excluding hydrogens is 360 g/mol. The molecule has 0 spiro atoms. The van der Waals surface area contributed by atoms with Gasteiger partial charge in [-0.15, -0.1) is 5.10 Å². The first-order valence-corrected chi connectivity index (χ1v) is 8.85. The molecule has 0 aliphatic carbocycles. The molecule has 9 nitrogen and oxygen atoms in total. The minimum Gasteiger partial charge on any atom is -0.352 e. The number of benzene rings is 2. The molecule has 0 fully saturated rings. The van der Waals surface area contributed by atoms with Crippen LogP contribution in [0.5, 0.6) is 0 Å². The normalized spacial score (nSPS) is 18.0. The fourth-order valence-electron chi connectivity index (χ4n) is 3.29. The van der Waals surface area contributed by atoms with Crippen molar-refractivity contribution < 1.29 is 9.72 Å². The van der Waals surface area contributed by atoms with Crippen LogP contribution in [-0.2, 0) is 0 Å². The molecule has 0 bridgehead atoms. The van der Waals surface area contributed by atoms with Gasteiger partial charge in [-0.3, -0.25) is 20.2 Å². The SMILES string of the molecule is C[C@H]1C[C@H](c2ccccc2)n2nc(NC(=O)c3cccc([N+](=O)[O-])c3)nc2N1. The van der Waals surface area contributed by atoms with Crippen LogP contribution in [0.25, 0.3) is 0 Å². The van der Waals surface area contributed by atoms with E-state index in [1.54, 1.807) is 4.68 Å². The lowest BCUT2D eigenvalue weighted by Crippen LogP contribution is -2.31. The second kappa shape index (κ2) is 7.10. The van der Waals surface area contributed by atoms with Gasteiger partial charge in [0.1, 0.15) is 0 Å². The molecule has 2 N–H and O–H groups in total. The highest BCUT2D eigenvalue weighted by Gasteiger charge is 2.28. The average Bonchev–Trinajstić information content (AvgIpc) is 3.10.